The van der Waals surface area contributed by atoms with Crippen molar-refractivity contribution in [2.45, 2.75) is 272 Å². The van der Waals surface area contributed by atoms with Crippen LogP contribution >= 0.6 is 76.5 Å². The van der Waals surface area contributed by atoms with Gasteiger partial charge < -0.3 is 79.4 Å². The van der Waals surface area contributed by atoms with E-state index in [1.807, 2.05) is 76.6 Å². The second-order valence-corrected chi connectivity index (χ2v) is 49.6. The summed E-state index contributed by atoms with van der Waals surface area (Å²) in [5.41, 5.74) is 2.37. The molecule has 43 heteroatoms. The van der Waals surface area contributed by atoms with Gasteiger partial charge in [-0.1, -0.05) is 102 Å². The molecule has 147 heavy (non-hydrogen) atoms. The molecule has 8 aliphatic rings. The van der Waals surface area contributed by atoms with E-state index in [0.29, 0.717) is 127 Å². The molecule has 6 fully saturated rings. The number of carbonyl (C=O) groups is 6. The fourth-order valence-electron chi connectivity index (χ4n) is 20.2. The van der Waals surface area contributed by atoms with Crippen LogP contribution in [0, 0.1) is 46.9 Å². The summed E-state index contributed by atoms with van der Waals surface area (Å²) < 4.78 is 165. The monoisotopic (exact) mass is 2230 g/mol. The Bertz CT molecular complexity index is 6620. The van der Waals surface area contributed by atoms with E-state index in [1.54, 1.807) is 57.4 Å². The van der Waals surface area contributed by atoms with E-state index in [-0.39, 0.29) is 91.5 Å². The lowest BCUT2D eigenvalue weighted by molar-refractivity contribution is -0.141. The zero-order valence-electron chi connectivity index (χ0n) is 83.4. The highest BCUT2D eigenvalue weighted by atomic mass is 79.9. The molecule has 14 atom stereocenters. The average molecular weight is 2230 g/mol. The number of amides is 6. The maximum absolute atomic E-state index is 15.4. The summed E-state index contributed by atoms with van der Waals surface area (Å²) in [7, 11) is -9.62. The number of hydrogen-bond acceptors (Lipinski definition) is 26. The number of nitrogens with one attached hydrogen (secondary N) is 7. The molecule has 2 saturated heterocycles. The number of fused-ring (bicyclic) bond motifs is 6. The number of carbonyl (C=O) groups excluding carboxylic acids is 6. The van der Waals surface area contributed by atoms with E-state index >= 15 is 36.3 Å². The summed E-state index contributed by atoms with van der Waals surface area (Å²) in [6, 6.07) is 18.4. The van der Waals surface area contributed by atoms with Crippen LogP contribution in [-0.4, -0.2) is 186 Å². The molecule has 17 rings (SSSR count). The van der Waals surface area contributed by atoms with Crippen LogP contribution in [0.25, 0.3) is 44.6 Å². The minimum Gasteiger partial charge on any atom is -0.495 e. The molecule has 4 saturated carbocycles. The average Bonchev–Trinajstić information content (AvgIpc) is 1.55. The fourth-order valence-corrected chi connectivity index (χ4v) is 30.0. The van der Waals surface area contributed by atoms with Crippen molar-refractivity contribution in [3.8, 4) is 40.0 Å². The Kier molecular flexibility index (Phi) is 36.6. The van der Waals surface area contributed by atoms with Crippen LogP contribution in [0.1, 0.15) is 195 Å². The number of anilines is 2. The SMILES string of the molecule is CCOP(=O)(Cc1c(F)cccc1F)[C@@]12C[C@H]1/C=C\CCCC[C@@H](C)[C@H](NC(=O)OC1CCCC1)C(=O)N1C[C@@H](OS(=O)(=O)c3ccc(Br)cc3)C[C@H]1C(=O)N2.CCOP(=O)(Cc1c(F)cccc1F)[C@@]12C[C@H]1/C=C\CCCC[C@@H](C)[C@H](NC(=O)OC1CCCC1)C(=O)N1C[C@H](Oc3cc(-c4csc(NC(C)C)n4)nc4c(Cl)c(OC)ccc34)C[C@H]1C(=O)N2.COc1ccc2c(=O)cc(-c3csc(NC(C)C)n3)[nH]c2c1Cl. The maximum atomic E-state index is 15.4. The number of hydrogen-bond donors (Lipinski definition) is 7. The van der Waals surface area contributed by atoms with Crippen molar-refractivity contribution in [1.82, 2.24) is 51.0 Å². The number of methoxy groups -OCH3 is 2. The van der Waals surface area contributed by atoms with Crippen molar-refractivity contribution >= 4 is 155 Å². The normalized spacial score (nSPS) is 24.9. The van der Waals surface area contributed by atoms with Gasteiger partial charge in [0.25, 0.3) is 10.1 Å². The minimum absolute atomic E-state index is 0.0230. The van der Waals surface area contributed by atoms with Gasteiger partial charge in [0.2, 0.25) is 38.4 Å². The molecule has 5 aromatic carbocycles. The molecule has 31 nitrogen and oxygen atoms in total. The number of rotatable bonds is 27. The number of pyridine rings is 2. The van der Waals surface area contributed by atoms with Gasteiger partial charge >= 0.3 is 12.2 Å². The van der Waals surface area contributed by atoms with E-state index in [0.717, 1.165) is 87.2 Å². The zero-order valence-corrected chi connectivity index (χ0v) is 90.8. The summed E-state index contributed by atoms with van der Waals surface area (Å²) in [5.74, 6) is -6.64. The molecule has 0 spiro atoms. The van der Waals surface area contributed by atoms with Crippen LogP contribution in [0.15, 0.2) is 146 Å². The fraction of sp³-hybridized carbons (Fsp3) is 0.500. The van der Waals surface area contributed by atoms with Gasteiger partial charge in [0.05, 0.1) is 85.4 Å². The first-order valence-corrected chi connectivity index (χ1v) is 58.4. The number of thiazole rings is 2. The smallest absolute Gasteiger partial charge is 0.408 e. The lowest BCUT2D eigenvalue weighted by Gasteiger charge is -2.34. The third kappa shape index (κ3) is 25.9. The van der Waals surface area contributed by atoms with Gasteiger partial charge in [0.15, 0.2) is 15.7 Å². The number of alkyl carbamates (subject to hydrolysis) is 2. The second-order valence-electron chi connectivity index (χ2n) is 39.2. The predicted molar refractivity (Wildman–Crippen MR) is 561 cm³/mol. The van der Waals surface area contributed by atoms with E-state index in [4.69, 9.17) is 70.1 Å². The number of allylic oxidation sites excluding steroid dienone is 2. The van der Waals surface area contributed by atoms with Crippen LogP contribution in [0.3, 0.4) is 0 Å². The molecule has 792 valence electrons. The van der Waals surface area contributed by atoms with Gasteiger partial charge in [0.1, 0.15) is 109 Å². The quantitative estimate of drug-likeness (QED) is 0.0109. The Morgan fingerprint density at radius 1 is 0.565 bits per heavy atom. The van der Waals surface area contributed by atoms with Crippen molar-refractivity contribution in [2.75, 3.05) is 51.2 Å². The molecule has 9 aromatic rings. The Balaban J connectivity index is 0.000000183. The number of halogens is 7. The zero-order chi connectivity index (χ0) is 105. The Morgan fingerprint density at radius 2 is 1.01 bits per heavy atom. The summed E-state index contributed by atoms with van der Waals surface area (Å²) >= 11 is 19.4. The lowest BCUT2D eigenvalue weighted by atomic mass is 9.94. The van der Waals surface area contributed by atoms with Crippen LogP contribution in [-0.2, 0) is 73.5 Å². The van der Waals surface area contributed by atoms with Crippen molar-refractivity contribution in [3.05, 3.63) is 191 Å². The highest BCUT2D eigenvalue weighted by Crippen LogP contribution is 2.75. The molecular formula is C104H125BrCl2F4N12O19P2S3. The minimum atomic E-state index is -4.37. The predicted octanol–water partition coefficient (Wildman–Crippen LogP) is 22.3. The molecule has 4 aliphatic carbocycles. The Morgan fingerprint density at radius 3 is 1.49 bits per heavy atom. The summed E-state index contributed by atoms with van der Waals surface area (Å²) in [4.78, 5) is 119. The molecule has 0 bridgehead atoms. The van der Waals surface area contributed by atoms with Crippen LogP contribution < -0.4 is 51.5 Å². The molecule has 4 aromatic heterocycles. The van der Waals surface area contributed by atoms with Crippen LogP contribution in [0.2, 0.25) is 10.0 Å². The number of nitrogens with zero attached hydrogens (tertiary/aromatic N) is 5. The molecular weight excluding hydrogens is 2110 g/mol. The third-order valence-electron chi connectivity index (χ3n) is 28.0. The Labute approximate surface area is 878 Å². The van der Waals surface area contributed by atoms with E-state index in [1.165, 1.54) is 76.0 Å². The summed E-state index contributed by atoms with van der Waals surface area (Å²) in [6.07, 6.45) is 14.4. The first kappa shape index (κ1) is 111. The van der Waals surface area contributed by atoms with E-state index < -0.39 is 172 Å². The molecule has 7 N–H and O–H groups in total. The van der Waals surface area contributed by atoms with E-state index in [9.17, 15) is 32.4 Å². The van der Waals surface area contributed by atoms with Crippen molar-refractivity contribution in [3.63, 3.8) is 0 Å². The first-order chi connectivity index (χ1) is 70.3. The first-order valence-electron chi connectivity index (χ1n) is 50.0. The second kappa shape index (κ2) is 48.5. The summed E-state index contributed by atoms with van der Waals surface area (Å²) in [5, 5.41) is 22.1. The van der Waals surface area contributed by atoms with Gasteiger partial charge in [-0.15, -0.1) is 22.7 Å². The number of aromatic amines is 1. The molecule has 0 radical (unpaired) electrons. The van der Waals surface area contributed by atoms with Gasteiger partial charge in [-0.2, -0.15) is 8.42 Å². The molecule has 6 amide bonds. The standard InChI is InChI=1S/C49H60ClF2N6O8PS.C39H49BrF2N3O9PS.C16H16ClN3O2S/c1-6-64-67(62,26-34-35(51)18-13-19-36(34)52)49-24-30(49)15-10-8-7-9-14-29(4)43(56-48(61)66-31-16-11-12-17-31)46(60)58-25-32(22-39(58)45(59)57-49)65-41-23-37(38-27-68-47(55-38)53-28(2)3)54-44-33(41)20-21-40(63-5)42(44)50;1-3-52-55(49,24-31-32(41)15-10-16-33(31)42)39-22-26(39)12-7-5-4-6-11-25(2)35(43-38(48)53-28-13-8-9-14-28)37(47)45-23-29(21-34(45)36(46)44-39)54-56(50,51)30-19-17-27(40)18-20-30;1-8(2)18-16-20-11(7-23-16)10-6-12(21)9-4-5-13(22-3)14(17)15(9)19-10/h10,13,15,18-21,23,27-32,39,43H,6-9,11-12,14,16-17,22,24-26H2,1-5H3,(H,53,55)(H,56,61)(H,57,59);7,10,12,15-20,25-26,28-29,34-35H,3-6,8-9,11,13-14,21-24H2,1-2H3,(H,43,48)(H,44,46);4-8H,1-3H3,(H,18,20)(H,19,21)/b15-10-;12-7-;/t29-,30-,32-,39+,43+,49+,67?;25-,26-,29+,34+,35+,39+,55?;/m11./s1. The molecule has 8 heterocycles. The van der Waals surface area contributed by atoms with Crippen molar-refractivity contribution < 1.29 is 101 Å². The molecule has 2 unspecified atom stereocenters. The number of benzene rings is 5. The highest BCUT2D eigenvalue weighted by Gasteiger charge is 2.69. The van der Waals surface area contributed by atoms with Gasteiger partial charge in [0, 0.05) is 92.6 Å². The number of ether oxygens (including phenoxy) is 5. The van der Waals surface area contributed by atoms with Crippen LogP contribution in [0.5, 0.6) is 17.2 Å². The third-order valence-corrected chi connectivity index (χ3v) is 38.7. The van der Waals surface area contributed by atoms with Crippen molar-refractivity contribution in [1.29, 1.82) is 0 Å². The molecule has 4 aliphatic heterocycles. The van der Waals surface area contributed by atoms with Crippen LogP contribution in [0.4, 0.5) is 37.4 Å². The van der Waals surface area contributed by atoms with E-state index in [2.05, 4.69) is 57.8 Å². The number of aromatic nitrogens is 4. The van der Waals surface area contributed by atoms with Crippen molar-refractivity contribution in [2.24, 2.45) is 23.7 Å². The maximum Gasteiger partial charge on any atom is 0.408 e. The summed E-state index contributed by atoms with van der Waals surface area (Å²) in [6.45, 7) is 14.5. The number of H-pyrrole nitrogens is 1. The largest absolute Gasteiger partial charge is 0.495 e. The highest BCUT2D eigenvalue weighted by molar-refractivity contribution is 9.10. The van der Waals surface area contributed by atoms with Gasteiger partial charge in [-0.05, 0) is 229 Å². The lowest BCUT2D eigenvalue weighted by Crippen LogP contribution is -2.57. The van der Waals surface area contributed by atoms with Gasteiger partial charge in [-0.3, -0.25) is 37.3 Å². The Hall–Kier alpha value is -10.1. The van der Waals surface area contributed by atoms with Gasteiger partial charge in [-0.25, -0.2) is 42.1 Å². The topological polar surface area (TPSA) is 395 Å².